The summed E-state index contributed by atoms with van der Waals surface area (Å²) in [5, 5.41) is 8.76. The lowest BCUT2D eigenvalue weighted by atomic mass is 10.0. The smallest absolute Gasteiger partial charge is 0.416 e. The predicted octanol–water partition coefficient (Wildman–Crippen LogP) is 6.20. The Bertz CT molecular complexity index is 1080. The normalized spacial score (nSPS) is 11.5. The first-order valence-corrected chi connectivity index (χ1v) is 10.1. The maximum atomic E-state index is 13.5. The average Bonchev–Trinajstić information content (AvgIpc) is 3.13. The summed E-state index contributed by atoms with van der Waals surface area (Å²) in [5.41, 5.74) is 1.44. The molecule has 2 aromatic carbocycles. The lowest BCUT2D eigenvalue weighted by Gasteiger charge is -2.15. The van der Waals surface area contributed by atoms with Crippen LogP contribution in [0.5, 0.6) is 5.75 Å². The predicted molar refractivity (Wildman–Crippen MR) is 109 cm³/mol. The molecule has 3 aromatic rings. The van der Waals surface area contributed by atoms with Crippen LogP contribution in [0.1, 0.15) is 34.4 Å². The van der Waals surface area contributed by atoms with Crippen LogP contribution in [0, 0.1) is 6.92 Å². The molecule has 3 rings (SSSR count). The number of benzene rings is 2. The maximum Gasteiger partial charge on any atom is 0.416 e. The van der Waals surface area contributed by atoms with Crippen molar-refractivity contribution in [3.63, 3.8) is 0 Å². The standard InChI is InChI=1S/C22H19F4NO3S/c1-13-4-2-3-5-16(13)21-17(19(11-23)27-31-21)12-30-15-8-6-14(7-9-20(28)29)18(10-15)22(24,25)26/h2-6,8,10H,7,9,11-12H2,1H3,(H,28,29). The van der Waals surface area contributed by atoms with E-state index >= 15 is 0 Å². The van der Waals surface area contributed by atoms with Crippen molar-refractivity contribution in [3.8, 4) is 16.2 Å². The molecule has 1 aromatic heterocycles. The molecular formula is C22H19F4NO3S. The van der Waals surface area contributed by atoms with Crippen LogP contribution in [0.3, 0.4) is 0 Å². The monoisotopic (exact) mass is 453 g/mol. The summed E-state index contributed by atoms with van der Waals surface area (Å²) in [6, 6.07) is 10.9. The molecule has 0 radical (unpaired) electrons. The van der Waals surface area contributed by atoms with E-state index in [1.807, 2.05) is 31.2 Å². The quantitative estimate of drug-likeness (QED) is 0.413. The van der Waals surface area contributed by atoms with E-state index in [0.29, 0.717) is 10.4 Å². The molecule has 0 aliphatic carbocycles. The van der Waals surface area contributed by atoms with Gasteiger partial charge in [0.25, 0.3) is 0 Å². The lowest BCUT2D eigenvalue weighted by Crippen LogP contribution is -2.11. The molecule has 0 unspecified atom stereocenters. The van der Waals surface area contributed by atoms with Crippen molar-refractivity contribution < 1.29 is 32.2 Å². The number of carboxylic acid groups (broad SMARTS) is 1. The molecule has 164 valence electrons. The van der Waals surface area contributed by atoms with Crippen molar-refractivity contribution in [3.05, 3.63) is 70.4 Å². The van der Waals surface area contributed by atoms with E-state index in [2.05, 4.69) is 4.37 Å². The Balaban J connectivity index is 1.88. The van der Waals surface area contributed by atoms with Crippen molar-refractivity contribution >= 4 is 17.5 Å². The van der Waals surface area contributed by atoms with Crippen molar-refractivity contribution in [2.75, 3.05) is 0 Å². The van der Waals surface area contributed by atoms with Crippen LogP contribution < -0.4 is 4.74 Å². The third-order valence-electron chi connectivity index (χ3n) is 4.76. The molecule has 0 aliphatic heterocycles. The Morgan fingerprint density at radius 2 is 1.94 bits per heavy atom. The summed E-state index contributed by atoms with van der Waals surface area (Å²) < 4.78 is 63.5. The zero-order chi connectivity index (χ0) is 22.6. The van der Waals surface area contributed by atoms with Gasteiger partial charge in [0.05, 0.1) is 16.1 Å². The summed E-state index contributed by atoms with van der Waals surface area (Å²) in [6.07, 6.45) is -5.32. The number of hydrogen-bond acceptors (Lipinski definition) is 4. The highest BCUT2D eigenvalue weighted by molar-refractivity contribution is 7.09. The second-order valence-electron chi connectivity index (χ2n) is 6.88. The highest BCUT2D eigenvalue weighted by atomic mass is 32.1. The number of aliphatic carboxylic acids is 1. The number of halogens is 4. The molecule has 9 heteroatoms. The van der Waals surface area contributed by atoms with E-state index < -0.39 is 30.8 Å². The van der Waals surface area contributed by atoms with Crippen molar-refractivity contribution in [2.45, 2.75) is 39.2 Å². The minimum absolute atomic E-state index is 0.0434. The van der Waals surface area contributed by atoms with E-state index in [-0.39, 0.29) is 30.0 Å². The number of aromatic nitrogens is 1. The molecule has 0 amide bonds. The largest absolute Gasteiger partial charge is 0.489 e. The minimum Gasteiger partial charge on any atom is -0.489 e. The minimum atomic E-state index is -4.66. The number of aryl methyl sites for hydroxylation is 2. The van der Waals surface area contributed by atoms with Gasteiger partial charge in [-0.3, -0.25) is 4.79 Å². The van der Waals surface area contributed by atoms with Crippen LogP contribution in [0.4, 0.5) is 17.6 Å². The number of nitrogens with zero attached hydrogens (tertiary/aromatic N) is 1. The summed E-state index contributed by atoms with van der Waals surface area (Å²) >= 11 is 1.12. The Labute approximate surface area is 180 Å². The van der Waals surface area contributed by atoms with Gasteiger partial charge in [-0.25, -0.2) is 4.39 Å². The van der Waals surface area contributed by atoms with E-state index in [1.165, 1.54) is 12.1 Å². The Hall–Kier alpha value is -2.94. The van der Waals surface area contributed by atoms with Crippen LogP contribution in [0.25, 0.3) is 10.4 Å². The van der Waals surface area contributed by atoms with Gasteiger partial charge in [0.15, 0.2) is 0 Å². The van der Waals surface area contributed by atoms with Gasteiger partial charge in [0.1, 0.15) is 19.0 Å². The second-order valence-corrected chi connectivity index (χ2v) is 7.66. The molecule has 4 nitrogen and oxygen atoms in total. The van der Waals surface area contributed by atoms with Crippen LogP contribution >= 0.6 is 11.5 Å². The molecule has 0 bridgehead atoms. The van der Waals surface area contributed by atoms with Gasteiger partial charge in [0.2, 0.25) is 0 Å². The van der Waals surface area contributed by atoms with Crippen LogP contribution in [-0.2, 0) is 30.7 Å². The van der Waals surface area contributed by atoms with E-state index in [4.69, 9.17) is 9.84 Å². The summed E-state index contributed by atoms with van der Waals surface area (Å²) in [6.45, 7) is 0.939. The highest BCUT2D eigenvalue weighted by Gasteiger charge is 2.34. The first-order valence-electron chi connectivity index (χ1n) is 9.34. The Morgan fingerprint density at radius 3 is 2.58 bits per heavy atom. The van der Waals surface area contributed by atoms with E-state index in [9.17, 15) is 22.4 Å². The summed E-state index contributed by atoms with van der Waals surface area (Å²) in [4.78, 5) is 11.4. The Kier molecular flexibility index (Phi) is 6.94. The third kappa shape index (κ3) is 5.41. The maximum absolute atomic E-state index is 13.5. The van der Waals surface area contributed by atoms with E-state index in [1.54, 1.807) is 0 Å². The van der Waals surface area contributed by atoms with E-state index in [0.717, 1.165) is 28.7 Å². The SMILES string of the molecule is Cc1ccccc1-c1snc(CF)c1COc1ccc(CCC(=O)O)c(C(F)(F)F)c1. The second kappa shape index (κ2) is 9.47. The number of carboxylic acids is 1. The Morgan fingerprint density at radius 1 is 1.19 bits per heavy atom. The number of carbonyl (C=O) groups is 1. The van der Waals surface area contributed by atoms with Gasteiger partial charge in [0, 0.05) is 12.0 Å². The fraction of sp³-hybridized carbons (Fsp3) is 0.273. The van der Waals surface area contributed by atoms with Gasteiger partial charge in [-0.1, -0.05) is 30.3 Å². The van der Waals surface area contributed by atoms with Crippen molar-refractivity contribution in [2.24, 2.45) is 0 Å². The molecule has 0 saturated carbocycles. The number of ether oxygens (including phenoxy) is 1. The fourth-order valence-corrected chi connectivity index (χ4v) is 4.13. The molecular weight excluding hydrogens is 434 g/mol. The molecule has 1 heterocycles. The molecule has 0 aliphatic rings. The van der Waals surface area contributed by atoms with Gasteiger partial charge in [-0.05, 0) is 53.7 Å². The zero-order valence-corrected chi connectivity index (χ0v) is 17.3. The first-order chi connectivity index (χ1) is 14.7. The fourth-order valence-electron chi connectivity index (χ4n) is 3.16. The topological polar surface area (TPSA) is 59.4 Å². The first kappa shape index (κ1) is 22.7. The molecule has 0 atom stereocenters. The summed E-state index contributed by atoms with van der Waals surface area (Å²) in [5.74, 6) is -1.22. The molecule has 0 fully saturated rings. The third-order valence-corrected chi connectivity index (χ3v) is 5.72. The lowest BCUT2D eigenvalue weighted by molar-refractivity contribution is -0.140. The highest BCUT2D eigenvalue weighted by Crippen LogP contribution is 2.37. The molecule has 1 N–H and O–H groups in total. The van der Waals surface area contributed by atoms with Crippen LogP contribution in [0.15, 0.2) is 42.5 Å². The zero-order valence-electron chi connectivity index (χ0n) is 16.5. The van der Waals surface area contributed by atoms with Crippen LogP contribution in [0.2, 0.25) is 0 Å². The number of rotatable bonds is 8. The van der Waals surface area contributed by atoms with Crippen LogP contribution in [-0.4, -0.2) is 15.4 Å². The van der Waals surface area contributed by atoms with Gasteiger partial charge in [-0.15, -0.1) is 0 Å². The molecule has 0 spiro atoms. The number of alkyl halides is 4. The van der Waals surface area contributed by atoms with Gasteiger partial charge < -0.3 is 9.84 Å². The van der Waals surface area contributed by atoms with Gasteiger partial charge in [-0.2, -0.15) is 17.5 Å². The molecule has 31 heavy (non-hydrogen) atoms. The molecule has 0 saturated heterocycles. The van der Waals surface area contributed by atoms with Gasteiger partial charge >= 0.3 is 12.1 Å². The number of hydrogen-bond donors (Lipinski definition) is 1. The average molecular weight is 453 g/mol. The van der Waals surface area contributed by atoms with Crippen molar-refractivity contribution in [1.82, 2.24) is 4.37 Å². The summed E-state index contributed by atoms with van der Waals surface area (Å²) in [7, 11) is 0. The van der Waals surface area contributed by atoms with Crippen molar-refractivity contribution in [1.29, 1.82) is 0 Å².